The zero-order valence-corrected chi connectivity index (χ0v) is 12.1. The van der Waals surface area contributed by atoms with Crippen LogP contribution in [0.5, 0.6) is 0 Å². The topological polar surface area (TPSA) is 89.4 Å². The van der Waals surface area contributed by atoms with Gasteiger partial charge in [0.15, 0.2) is 0 Å². The molecule has 0 saturated carbocycles. The van der Waals surface area contributed by atoms with E-state index in [2.05, 4.69) is 0 Å². The van der Waals surface area contributed by atoms with Crippen LogP contribution in [0.1, 0.15) is 49.2 Å². The van der Waals surface area contributed by atoms with Gasteiger partial charge in [-0.25, -0.2) is 0 Å². The number of amides is 2. The van der Waals surface area contributed by atoms with Crippen LogP contribution in [0.25, 0.3) is 0 Å². The zero-order valence-electron chi connectivity index (χ0n) is 12.1. The number of fused-ring (bicyclic) bond motifs is 1. The highest BCUT2D eigenvalue weighted by Crippen LogP contribution is 2.40. The molecule has 20 heavy (non-hydrogen) atoms. The lowest BCUT2D eigenvalue weighted by Crippen LogP contribution is -2.49. The monoisotopic (exact) mass is 275 g/mol. The molecular weight excluding hydrogens is 254 g/mol. The van der Waals surface area contributed by atoms with E-state index in [1.54, 1.807) is 23.1 Å². The van der Waals surface area contributed by atoms with Gasteiger partial charge in [-0.2, -0.15) is 0 Å². The molecule has 0 spiro atoms. The fourth-order valence-corrected chi connectivity index (χ4v) is 2.76. The molecule has 3 atom stereocenters. The highest BCUT2D eigenvalue weighted by atomic mass is 16.2. The van der Waals surface area contributed by atoms with Crippen LogP contribution in [-0.4, -0.2) is 17.9 Å². The molecule has 0 aliphatic carbocycles. The van der Waals surface area contributed by atoms with Gasteiger partial charge in [0.1, 0.15) is 0 Å². The molecule has 0 saturated heterocycles. The number of nitrogens with two attached hydrogens (primary N) is 2. The van der Waals surface area contributed by atoms with Crippen molar-refractivity contribution in [1.82, 2.24) is 0 Å². The number of rotatable bonds is 2. The molecule has 1 aliphatic rings. The molecule has 0 radical (unpaired) electrons. The second-order valence-corrected chi connectivity index (χ2v) is 5.38. The summed E-state index contributed by atoms with van der Waals surface area (Å²) in [6, 6.07) is 4.95. The van der Waals surface area contributed by atoms with Gasteiger partial charge in [0, 0.05) is 29.8 Å². The van der Waals surface area contributed by atoms with Crippen molar-refractivity contribution in [2.45, 2.75) is 39.3 Å². The average molecular weight is 275 g/mol. The molecule has 1 aromatic rings. The van der Waals surface area contributed by atoms with Gasteiger partial charge in [-0.3, -0.25) is 9.59 Å². The van der Waals surface area contributed by atoms with Crippen LogP contribution in [0.2, 0.25) is 0 Å². The normalized spacial score (nSPS) is 25.2. The number of hydrogen-bond donors (Lipinski definition) is 2. The Morgan fingerprint density at radius 1 is 1.30 bits per heavy atom. The van der Waals surface area contributed by atoms with Crippen LogP contribution < -0.4 is 16.4 Å². The summed E-state index contributed by atoms with van der Waals surface area (Å²) in [6.45, 7) is 5.86. The third kappa shape index (κ3) is 2.18. The summed E-state index contributed by atoms with van der Waals surface area (Å²) < 4.78 is 0. The average Bonchev–Trinajstić information content (AvgIpc) is 2.44. The second-order valence-electron chi connectivity index (χ2n) is 5.38. The number of nitrogens with zero attached hydrogens (tertiary/aromatic N) is 1. The van der Waals surface area contributed by atoms with Crippen LogP contribution in [0.4, 0.5) is 5.69 Å². The molecule has 0 bridgehead atoms. The second kappa shape index (κ2) is 5.25. The van der Waals surface area contributed by atoms with E-state index in [-0.39, 0.29) is 23.9 Å². The summed E-state index contributed by atoms with van der Waals surface area (Å²) >= 11 is 0. The van der Waals surface area contributed by atoms with Crippen LogP contribution in [-0.2, 0) is 4.79 Å². The minimum absolute atomic E-state index is 0.0318. The number of carbonyl (C=O) groups excluding carboxylic acids is 2. The van der Waals surface area contributed by atoms with E-state index >= 15 is 0 Å². The fraction of sp³-hybridized carbons (Fsp3) is 0.467. The smallest absolute Gasteiger partial charge is 0.248 e. The van der Waals surface area contributed by atoms with Gasteiger partial charge in [0.05, 0.1) is 0 Å². The molecule has 108 valence electrons. The number of benzene rings is 1. The molecule has 1 heterocycles. The van der Waals surface area contributed by atoms with E-state index in [0.29, 0.717) is 12.0 Å². The van der Waals surface area contributed by atoms with E-state index in [0.717, 1.165) is 11.3 Å². The standard InChI is InChI=1S/C15H21N3O2/c1-4-13(19)18-9(3)8(2)14(16)11-7-10(15(17)20)5-6-12(11)18/h5-9,14H,4,16H2,1-3H3,(H2,17,20)/t8-,9-,14+/m0/s1. The highest BCUT2D eigenvalue weighted by molar-refractivity contribution is 5.97. The van der Waals surface area contributed by atoms with E-state index in [1.807, 2.05) is 20.8 Å². The minimum Gasteiger partial charge on any atom is -0.366 e. The number of hydrogen-bond acceptors (Lipinski definition) is 3. The SMILES string of the molecule is CCC(=O)N1c2ccc(C(N)=O)cc2[C@H](N)[C@@H](C)[C@@H]1C. The lowest BCUT2D eigenvalue weighted by Gasteiger charge is -2.42. The first-order chi connectivity index (χ1) is 9.38. The molecule has 2 rings (SSSR count). The van der Waals surface area contributed by atoms with Crippen molar-refractivity contribution in [2.24, 2.45) is 17.4 Å². The molecule has 1 aliphatic heterocycles. The number of anilines is 1. The Morgan fingerprint density at radius 2 is 1.95 bits per heavy atom. The van der Waals surface area contributed by atoms with E-state index in [4.69, 9.17) is 11.5 Å². The lowest BCUT2D eigenvalue weighted by molar-refractivity contribution is -0.119. The Bertz CT molecular complexity index is 556. The summed E-state index contributed by atoms with van der Waals surface area (Å²) in [7, 11) is 0. The first-order valence-electron chi connectivity index (χ1n) is 6.89. The summed E-state index contributed by atoms with van der Waals surface area (Å²) in [5.74, 6) is -0.315. The Kier molecular flexibility index (Phi) is 3.81. The largest absolute Gasteiger partial charge is 0.366 e. The lowest BCUT2D eigenvalue weighted by atomic mass is 9.82. The maximum absolute atomic E-state index is 12.2. The number of primary amides is 1. The van der Waals surface area contributed by atoms with Gasteiger partial charge in [0.25, 0.3) is 0 Å². The predicted octanol–water partition coefficient (Wildman–Crippen LogP) is 1.57. The first-order valence-corrected chi connectivity index (χ1v) is 6.89. The molecule has 0 aromatic heterocycles. The van der Waals surface area contributed by atoms with Crippen molar-refractivity contribution in [2.75, 3.05) is 4.90 Å². The van der Waals surface area contributed by atoms with Crippen molar-refractivity contribution < 1.29 is 9.59 Å². The van der Waals surface area contributed by atoms with Gasteiger partial charge in [0.2, 0.25) is 11.8 Å². The fourth-order valence-electron chi connectivity index (χ4n) is 2.76. The molecule has 0 unspecified atom stereocenters. The van der Waals surface area contributed by atoms with Gasteiger partial charge in [-0.1, -0.05) is 13.8 Å². The van der Waals surface area contributed by atoms with Crippen molar-refractivity contribution in [1.29, 1.82) is 0 Å². The van der Waals surface area contributed by atoms with E-state index < -0.39 is 5.91 Å². The van der Waals surface area contributed by atoms with E-state index in [9.17, 15) is 9.59 Å². The molecule has 5 nitrogen and oxygen atoms in total. The summed E-state index contributed by atoms with van der Waals surface area (Å²) in [5.41, 5.74) is 13.6. The highest BCUT2D eigenvalue weighted by Gasteiger charge is 2.37. The number of carbonyl (C=O) groups is 2. The van der Waals surface area contributed by atoms with Crippen molar-refractivity contribution in [3.8, 4) is 0 Å². The van der Waals surface area contributed by atoms with E-state index in [1.165, 1.54) is 0 Å². The van der Waals surface area contributed by atoms with Gasteiger partial charge >= 0.3 is 0 Å². The molecular formula is C15H21N3O2. The Morgan fingerprint density at radius 3 is 2.50 bits per heavy atom. The van der Waals surface area contributed by atoms with Crippen LogP contribution >= 0.6 is 0 Å². The van der Waals surface area contributed by atoms with Gasteiger partial charge in [-0.15, -0.1) is 0 Å². The van der Waals surface area contributed by atoms with Crippen molar-refractivity contribution >= 4 is 17.5 Å². The maximum atomic E-state index is 12.2. The minimum atomic E-state index is -0.486. The van der Waals surface area contributed by atoms with Crippen LogP contribution in [0.15, 0.2) is 18.2 Å². The molecule has 1 aromatic carbocycles. The summed E-state index contributed by atoms with van der Waals surface area (Å²) in [5, 5.41) is 0. The summed E-state index contributed by atoms with van der Waals surface area (Å²) in [6.07, 6.45) is 0.434. The molecule has 4 N–H and O–H groups in total. The van der Waals surface area contributed by atoms with Crippen LogP contribution in [0.3, 0.4) is 0 Å². The Labute approximate surface area is 118 Å². The van der Waals surface area contributed by atoms with Crippen molar-refractivity contribution in [3.05, 3.63) is 29.3 Å². The maximum Gasteiger partial charge on any atom is 0.248 e. The molecule has 5 heteroatoms. The Balaban J connectivity index is 2.59. The van der Waals surface area contributed by atoms with Crippen molar-refractivity contribution in [3.63, 3.8) is 0 Å². The van der Waals surface area contributed by atoms with Gasteiger partial charge in [-0.05, 0) is 36.6 Å². The first kappa shape index (κ1) is 14.5. The third-order valence-corrected chi connectivity index (χ3v) is 4.24. The third-order valence-electron chi connectivity index (χ3n) is 4.24. The summed E-state index contributed by atoms with van der Waals surface area (Å²) in [4.78, 5) is 25.3. The molecule has 0 fully saturated rings. The van der Waals surface area contributed by atoms with Crippen LogP contribution in [0, 0.1) is 5.92 Å². The molecule has 2 amide bonds. The predicted molar refractivity (Wildman–Crippen MR) is 78.3 cm³/mol. The zero-order chi connectivity index (χ0) is 15.0. The van der Waals surface area contributed by atoms with Gasteiger partial charge < -0.3 is 16.4 Å². The quantitative estimate of drug-likeness (QED) is 0.858. The Hall–Kier alpha value is -1.88.